The standard InChI is InChI=1S/C23H22N4O/c1-2-10-20-21(17-18-11-5-3-6-12-18)25-27(23(28)26-16-9-15-24-26)22(20)19-13-7-4-8-14-19/h3-9,11-16H,2,10,17H2,1H3. The first-order valence-corrected chi connectivity index (χ1v) is 9.52. The highest BCUT2D eigenvalue weighted by Gasteiger charge is 2.23. The Balaban J connectivity index is 1.88. The first kappa shape index (κ1) is 17.9. The van der Waals surface area contributed by atoms with Crippen LogP contribution in [0.3, 0.4) is 0 Å². The lowest BCUT2D eigenvalue weighted by Crippen LogP contribution is -2.22. The lowest BCUT2D eigenvalue weighted by Gasteiger charge is -2.09. The molecule has 4 rings (SSSR count). The van der Waals surface area contributed by atoms with Crippen LogP contribution in [-0.2, 0) is 12.8 Å². The van der Waals surface area contributed by atoms with Crippen LogP contribution >= 0.6 is 0 Å². The van der Waals surface area contributed by atoms with E-state index in [4.69, 9.17) is 5.10 Å². The molecule has 5 nitrogen and oxygen atoms in total. The number of hydrogen-bond acceptors (Lipinski definition) is 3. The number of hydrogen-bond donors (Lipinski definition) is 0. The van der Waals surface area contributed by atoms with Crippen LogP contribution in [0.5, 0.6) is 0 Å². The van der Waals surface area contributed by atoms with Crippen LogP contribution in [0.2, 0.25) is 0 Å². The molecule has 140 valence electrons. The summed E-state index contributed by atoms with van der Waals surface area (Å²) in [6.45, 7) is 2.15. The molecule has 2 aromatic carbocycles. The van der Waals surface area contributed by atoms with Gasteiger partial charge in [0, 0.05) is 29.9 Å². The van der Waals surface area contributed by atoms with E-state index in [2.05, 4.69) is 24.2 Å². The van der Waals surface area contributed by atoms with Gasteiger partial charge in [-0.2, -0.15) is 19.6 Å². The van der Waals surface area contributed by atoms with Crippen LogP contribution < -0.4 is 0 Å². The van der Waals surface area contributed by atoms with Gasteiger partial charge in [0.15, 0.2) is 0 Å². The topological polar surface area (TPSA) is 52.7 Å². The van der Waals surface area contributed by atoms with E-state index in [1.165, 1.54) is 14.9 Å². The van der Waals surface area contributed by atoms with Gasteiger partial charge in [0.1, 0.15) is 0 Å². The van der Waals surface area contributed by atoms with E-state index in [1.807, 2.05) is 48.5 Å². The third kappa shape index (κ3) is 3.51. The molecule has 0 atom stereocenters. The van der Waals surface area contributed by atoms with Crippen molar-refractivity contribution in [2.75, 3.05) is 0 Å². The summed E-state index contributed by atoms with van der Waals surface area (Å²) in [4.78, 5) is 13.1. The summed E-state index contributed by atoms with van der Waals surface area (Å²) in [5.41, 5.74) is 5.08. The first-order valence-electron chi connectivity index (χ1n) is 9.52. The number of rotatable bonds is 5. The SMILES string of the molecule is CCCc1c(Cc2ccccc2)nn(C(=O)n2cccn2)c1-c1ccccc1. The summed E-state index contributed by atoms with van der Waals surface area (Å²) < 4.78 is 2.83. The molecule has 2 aromatic heterocycles. The van der Waals surface area contributed by atoms with E-state index in [-0.39, 0.29) is 6.03 Å². The summed E-state index contributed by atoms with van der Waals surface area (Å²) >= 11 is 0. The molecule has 0 radical (unpaired) electrons. The Labute approximate surface area is 164 Å². The summed E-state index contributed by atoms with van der Waals surface area (Å²) in [5.74, 6) is 0. The fraction of sp³-hybridized carbons (Fsp3) is 0.174. The van der Waals surface area contributed by atoms with Gasteiger partial charge in [0.25, 0.3) is 0 Å². The molecule has 4 aromatic rings. The number of carbonyl (C=O) groups is 1. The second kappa shape index (κ2) is 8.05. The Morgan fingerprint density at radius 3 is 2.32 bits per heavy atom. The normalized spacial score (nSPS) is 10.9. The minimum absolute atomic E-state index is 0.277. The van der Waals surface area contributed by atoms with Gasteiger partial charge in [0.05, 0.1) is 11.4 Å². The summed E-state index contributed by atoms with van der Waals surface area (Å²) in [6, 6.07) is 21.7. The number of carbonyl (C=O) groups excluding carboxylic acids is 1. The maximum Gasteiger partial charge on any atom is 0.369 e. The molecular formula is C23H22N4O. The molecule has 0 spiro atoms. The second-order valence-corrected chi connectivity index (χ2v) is 6.70. The third-order valence-corrected chi connectivity index (χ3v) is 4.71. The monoisotopic (exact) mass is 370 g/mol. The van der Waals surface area contributed by atoms with Crippen LogP contribution in [-0.4, -0.2) is 25.6 Å². The molecular weight excluding hydrogens is 348 g/mol. The minimum Gasteiger partial charge on any atom is -0.244 e. The molecule has 0 aliphatic rings. The summed E-state index contributed by atoms with van der Waals surface area (Å²) in [5, 5.41) is 8.87. The highest BCUT2D eigenvalue weighted by Crippen LogP contribution is 2.29. The van der Waals surface area contributed by atoms with E-state index < -0.39 is 0 Å². The fourth-order valence-corrected chi connectivity index (χ4v) is 3.45. The molecule has 5 heteroatoms. The number of aromatic nitrogens is 4. The molecule has 0 bridgehead atoms. The third-order valence-electron chi connectivity index (χ3n) is 4.71. The zero-order valence-electron chi connectivity index (χ0n) is 15.8. The van der Waals surface area contributed by atoms with E-state index in [1.54, 1.807) is 18.5 Å². The molecule has 0 N–H and O–H groups in total. The van der Waals surface area contributed by atoms with Crippen LogP contribution in [0.4, 0.5) is 4.79 Å². The van der Waals surface area contributed by atoms with Gasteiger partial charge >= 0.3 is 6.03 Å². The van der Waals surface area contributed by atoms with E-state index in [9.17, 15) is 4.79 Å². The molecule has 0 amide bonds. The molecule has 0 unspecified atom stereocenters. The van der Waals surface area contributed by atoms with Gasteiger partial charge in [-0.05, 0) is 18.1 Å². The average Bonchev–Trinajstić information content (AvgIpc) is 3.38. The zero-order chi connectivity index (χ0) is 19.3. The summed E-state index contributed by atoms with van der Waals surface area (Å²) in [7, 11) is 0. The van der Waals surface area contributed by atoms with Crippen molar-refractivity contribution in [3.63, 3.8) is 0 Å². The Morgan fingerprint density at radius 2 is 1.68 bits per heavy atom. The van der Waals surface area contributed by atoms with Crippen molar-refractivity contribution in [2.45, 2.75) is 26.2 Å². The smallest absolute Gasteiger partial charge is 0.244 e. The van der Waals surface area contributed by atoms with Gasteiger partial charge in [-0.1, -0.05) is 74.0 Å². The van der Waals surface area contributed by atoms with Crippen molar-refractivity contribution < 1.29 is 4.79 Å². The van der Waals surface area contributed by atoms with E-state index in [0.29, 0.717) is 6.42 Å². The minimum atomic E-state index is -0.277. The lowest BCUT2D eigenvalue weighted by molar-refractivity contribution is 0.238. The van der Waals surface area contributed by atoms with Crippen LogP contribution in [0, 0.1) is 0 Å². The van der Waals surface area contributed by atoms with Crippen molar-refractivity contribution >= 4 is 6.03 Å². The number of nitrogens with zero attached hydrogens (tertiary/aromatic N) is 4. The Kier molecular flexibility index (Phi) is 5.15. The highest BCUT2D eigenvalue weighted by molar-refractivity contribution is 5.84. The van der Waals surface area contributed by atoms with Gasteiger partial charge in [-0.15, -0.1) is 0 Å². The maximum absolute atomic E-state index is 13.1. The fourth-order valence-electron chi connectivity index (χ4n) is 3.45. The van der Waals surface area contributed by atoms with Gasteiger partial charge in [-0.25, -0.2) is 4.79 Å². The van der Waals surface area contributed by atoms with Crippen LogP contribution in [0.15, 0.2) is 79.1 Å². The van der Waals surface area contributed by atoms with Crippen molar-refractivity contribution in [3.8, 4) is 11.3 Å². The van der Waals surface area contributed by atoms with Crippen molar-refractivity contribution in [1.29, 1.82) is 0 Å². The van der Waals surface area contributed by atoms with E-state index >= 15 is 0 Å². The van der Waals surface area contributed by atoms with Crippen molar-refractivity contribution in [3.05, 3.63) is 95.9 Å². The van der Waals surface area contributed by atoms with Crippen LogP contribution in [0.25, 0.3) is 11.3 Å². The Hall–Kier alpha value is -3.47. The summed E-state index contributed by atoms with van der Waals surface area (Å²) in [6.07, 6.45) is 5.77. The second-order valence-electron chi connectivity index (χ2n) is 6.70. The lowest BCUT2D eigenvalue weighted by atomic mass is 9.98. The molecule has 0 fully saturated rings. The Bertz CT molecular complexity index is 1050. The largest absolute Gasteiger partial charge is 0.369 e. The van der Waals surface area contributed by atoms with Gasteiger partial charge in [-0.3, -0.25) is 0 Å². The average molecular weight is 370 g/mol. The first-order chi connectivity index (χ1) is 13.8. The predicted octanol–water partition coefficient (Wildman–Crippen LogP) is 4.81. The van der Waals surface area contributed by atoms with Crippen molar-refractivity contribution in [2.24, 2.45) is 0 Å². The molecule has 28 heavy (non-hydrogen) atoms. The maximum atomic E-state index is 13.1. The number of benzene rings is 2. The van der Waals surface area contributed by atoms with Gasteiger partial charge < -0.3 is 0 Å². The molecule has 0 saturated carbocycles. The molecule has 0 aliphatic carbocycles. The Morgan fingerprint density at radius 1 is 0.964 bits per heavy atom. The molecule has 0 aliphatic heterocycles. The van der Waals surface area contributed by atoms with Crippen molar-refractivity contribution in [1.82, 2.24) is 19.6 Å². The predicted molar refractivity (Wildman–Crippen MR) is 109 cm³/mol. The van der Waals surface area contributed by atoms with Gasteiger partial charge in [0.2, 0.25) is 0 Å². The van der Waals surface area contributed by atoms with E-state index in [0.717, 1.165) is 35.4 Å². The molecule has 2 heterocycles. The van der Waals surface area contributed by atoms with Crippen LogP contribution in [0.1, 0.15) is 30.2 Å². The molecule has 0 saturated heterocycles. The quantitative estimate of drug-likeness (QED) is 0.507. The zero-order valence-corrected chi connectivity index (χ0v) is 15.8. The highest BCUT2D eigenvalue weighted by atomic mass is 16.2.